The molecule has 0 amide bonds. The van der Waals surface area contributed by atoms with Crippen LogP contribution in [-0.2, 0) is 34.5 Å². The molecule has 2 aromatic carbocycles. The summed E-state index contributed by atoms with van der Waals surface area (Å²) in [7, 11) is -3.67. The molecular weight excluding hydrogens is 374 g/mol. The lowest BCUT2D eigenvalue weighted by atomic mass is 10.1. The van der Waals surface area contributed by atoms with Gasteiger partial charge in [0.15, 0.2) is 0 Å². The van der Waals surface area contributed by atoms with Gasteiger partial charge < -0.3 is 9.15 Å². The molecule has 7 heteroatoms. The molecule has 3 aromatic rings. The van der Waals surface area contributed by atoms with E-state index in [1.807, 2.05) is 36.4 Å². The second-order valence-electron chi connectivity index (χ2n) is 5.65. The molecule has 0 aliphatic heterocycles. The zero-order valence-corrected chi connectivity index (χ0v) is 15.5. The Labute approximate surface area is 157 Å². The van der Waals surface area contributed by atoms with Gasteiger partial charge in [-0.2, -0.15) is 0 Å². The summed E-state index contributed by atoms with van der Waals surface area (Å²) in [5.74, 6) is 0.758. The Balaban J connectivity index is 1.59. The number of sulfonamides is 1. The van der Waals surface area contributed by atoms with Crippen molar-refractivity contribution in [2.24, 2.45) is 0 Å². The van der Waals surface area contributed by atoms with Gasteiger partial charge in [0.05, 0.1) is 17.9 Å². The number of furan rings is 1. The van der Waals surface area contributed by atoms with Crippen LogP contribution >= 0.6 is 11.6 Å². The molecule has 1 N–H and O–H groups in total. The predicted octanol–water partition coefficient (Wildman–Crippen LogP) is 4.13. The van der Waals surface area contributed by atoms with Gasteiger partial charge in [-0.3, -0.25) is 0 Å². The normalized spacial score (nSPS) is 11.6. The Hall–Kier alpha value is -2.12. The molecule has 136 valence electrons. The summed E-state index contributed by atoms with van der Waals surface area (Å²) in [5.41, 5.74) is 1.78. The van der Waals surface area contributed by atoms with E-state index in [1.54, 1.807) is 24.5 Å². The highest BCUT2D eigenvalue weighted by atomic mass is 35.5. The Morgan fingerprint density at radius 3 is 2.54 bits per heavy atom. The van der Waals surface area contributed by atoms with Crippen molar-refractivity contribution in [1.29, 1.82) is 0 Å². The maximum Gasteiger partial charge on any atom is 0.242 e. The molecule has 0 saturated carbocycles. The van der Waals surface area contributed by atoms with Gasteiger partial charge in [0.25, 0.3) is 0 Å². The highest BCUT2D eigenvalue weighted by Crippen LogP contribution is 2.20. The minimum Gasteiger partial charge on any atom is -0.467 e. The second kappa shape index (κ2) is 8.51. The van der Waals surface area contributed by atoms with Gasteiger partial charge in [0.2, 0.25) is 10.0 Å². The van der Waals surface area contributed by atoms with E-state index in [-0.39, 0.29) is 16.5 Å². The molecule has 0 fully saturated rings. The van der Waals surface area contributed by atoms with Crippen molar-refractivity contribution in [2.45, 2.75) is 24.7 Å². The van der Waals surface area contributed by atoms with Crippen LogP contribution in [0, 0.1) is 0 Å². The quantitative estimate of drug-likeness (QED) is 0.627. The molecule has 26 heavy (non-hydrogen) atoms. The Morgan fingerprint density at radius 2 is 1.77 bits per heavy atom. The third-order valence-corrected chi connectivity index (χ3v) is 5.58. The highest BCUT2D eigenvalue weighted by molar-refractivity contribution is 7.89. The molecule has 0 aliphatic carbocycles. The number of nitrogens with one attached hydrogen (secondary N) is 1. The van der Waals surface area contributed by atoms with Crippen LogP contribution in [0.4, 0.5) is 0 Å². The summed E-state index contributed by atoms with van der Waals surface area (Å²) in [4.78, 5) is 0.0691. The molecule has 0 aliphatic rings. The molecular formula is C19H18ClNO4S. The fraction of sp³-hybridized carbons (Fsp3) is 0.158. The number of rotatable bonds is 8. The van der Waals surface area contributed by atoms with Gasteiger partial charge in [0, 0.05) is 6.54 Å². The van der Waals surface area contributed by atoms with Gasteiger partial charge >= 0.3 is 0 Å². The van der Waals surface area contributed by atoms with Crippen LogP contribution in [0.15, 0.2) is 76.2 Å². The van der Waals surface area contributed by atoms with E-state index in [4.69, 9.17) is 20.8 Å². The number of ether oxygens (including phenoxy) is 1. The smallest absolute Gasteiger partial charge is 0.242 e. The lowest BCUT2D eigenvalue weighted by Crippen LogP contribution is -2.23. The summed E-state index contributed by atoms with van der Waals surface area (Å²) in [6.45, 7) is 0.960. The average molecular weight is 392 g/mol. The maximum absolute atomic E-state index is 12.4. The molecule has 0 unspecified atom stereocenters. The molecule has 3 rings (SSSR count). The molecule has 1 heterocycles. The van der Waals surface area contributed by atoms with Gasteiger partial charge in [-0.05, 0) is 35.4 Å². The number of benzene rings is 2. The third kappa shape index (κ3) is 4.95. The first-order chi connectivity index (χ1) is 12.5. The predicted molar refractivity (Wildman–Crippen MR) is 99.1 cm³/mol. The van der Waals surface area contributed by atoms with Crippen LogP contribution in [0.2, 0.25) is 5.02 Å². The molecule has 1 aromatic heterocycles. The second-order valence-corrected chi connectivity index (χ2v) is 7.79. The fourth-order valence-corrected chi connectivity index (χ4v) is 3.95. The van der Waals surface area contributed by atoms with Crippen LogP contribution in [0.3, 0.4) is 0 Å². The van der Waals surface area contributed by atoms with Crippen LogP contribution in [0.1, 0.15) is 16.9 Å². The molecule has 0 atom stereocenters. The third-order valence-electron chi connectivity index (χ3n) is 3.68. The summed E-state index contributed by atoms with van der Waals surface area (Å²) >= 11 is 5.97. The summed E-state index contributed by atoms with van der Waals surface area (Å²) < 4.78 is 38.1. The van der Waals surface area contributed by atoms with E-state index in [0.29, 0.717) is 13.2 Å². The zero-order chi connectivity index (χ0) is 18.4. The molecule has 0 spiro atoms. The van der Waals surface area contributed by atoms with Gasteiger partial charge in [-0.25, -0.2) is 13.1 Å². The van der Waals surface area contributed by atoms with Crippen LogP contribution in [0.25, 0.3) is 0 Å². The highest BCUT2D eigenvalue weighted by Gasteiger charge is 2.16. The largest absolute Gasteiger partial charge is 0.467 e. The van der Waals surface area contributed by atoms with Crippen molar-refractivity contribution in [3.8, 4) is 0 Å². The zero-order valence-electron chi connectivity index (χ0n) is 13.9. The van der Waals surface area contributed by atoms with Crippen molar-refractivity contribution in [1.82, 2.24) is 4.72 Å². The first-order valence-electron chi connectivity index (χ1n) is 7.97. The Bertz CT molecular complexity index is 955. The Morgan fingerprint density at radius 1 is 0.962 bits per heavy atom. The topological polar surface area (TPSA) is 68.5 Å². The maximum atomic E-state index is 12.4. The first kappa shape index (κ1) is 18.7. The minimum atomic E-state index is -3.67. The SMILES string of the molecule is O=S(=O)(NCc1cccc(COCc2ccco2)c1)c1ccccc1Cl. The van der Waals surface area contributed by atoms with E-state index in [2.05, 4.69) is 4.72 Å². The van der Waals surface area contributed by atoms with Crippen molar-refractivity contribution in [3.05, 3.63) is 88.8 Å². The number of hydrogen-bond donors (Lipinski definition) is 1. The van der Waals surface area contributed by atoms with Crippen molar-refractivity contribution in [3.63, 3.8) is 0 Å². The van der Waals surface area contributed by atoms with E-state index < -0.39 is 10.0 Å². The van der Waals surface area contributed by atoms with Crippen LogP contribution in [0.5, 0.6) is 0 Å². The lowest BCUT2D eigenvalue weighted by molar-refractivity contribution is 0.0929. The van der Waals surface area contributed by atoms with Crippen molar-refractivity contribution < 1.29 is 17.6 Å². The summed E-state index contributed by atoms with van der Waals surface area (Å²) in [6, 6.07) is 17.5. The summed E-state index contributed by atoms with van der Waals surface area (Å²) in [6.07, 6.45) is 1.60. The number of hydrogen-bond acceptors (Lipinski definition) is 4. The van der Waals surface area contributed by atoms with E-state index >= 15 is 0 Å². The molecule has 0 saturated heterocycles. The van der Waals surface area contributed by atoms with Crippen molar-refractivity contribution >= 4 is 21.6 Å². The lowest BCUT2D eigenvalue weighted by Gasteiger charge is -2.09. The minimum absolute atomic E-state index is 0.0691. The van der Waals surface area contributed by atoms with E-state index in [9.17, 15) is 8.42 Å². The van der Waals surface area contributed by atoms with Gasteiger partial charge in [-0.1, -0.05) is 48.0 Å². The molecule has 0 radical (unpaired) electrons. The monoisotopic (exact) mass is 391 g/mol. The molecule has 0 bridgehead atoms. The van der Waals surface area contributed by atoms with E-state index in [1.165, 1.54) is 6.07 Å². The van der Waals surface area contributed by atoms with Gasteiger partial charge in [-0.15, -0.1) is 0 Å². The first-order valence-corrected chi connectivity index (χ1v) is 9.83. The number of halogens is 1. The summed E-state index contributed by atoms with van der Waals surface area (Å²) in [5, 5.41) is 0.195. The van der Waals surface area contributed by atoms with E-state index in [0.717, 1.165) is 16.9 Å². The molecule has 5 nitrogen and oxygen atoms in total. The van der Waals surface area contributed by atoms with Gasteiger partial charge in [0.1, 0.15) is 17.3 Å². The Kier molecular flexibility index (Phi) is 6.11. The van der Waals surface area contributed by atoms with Crippen molar-refractivity contribution in [2.75, 3.05) is 0 Å². The van der Waals surface area contributed by atoms with Crippen LogP contribution in [-0.4, -0.2) is 8.42 Å². The standard InChI is InChI=1S/C19H18ClNO4S/c20-18-8-1-2-9-19(18)26(22,23)21-12-15-5-3-6-16(11-15)13-24-14-17-7-4-10-25-17/h1-11,21H,12-14H2. The van der Waals surface area contributed by atoms with Crippen LogP contribution < -0.4 is 4.72 Å². The fourth-order valence-electron chi connectivity index (χ4n) is 2.41. The average Bonchev–Trinajstić information content (AvgIpc) is 3.14.